The Morgan fingerprint density at radius 3 is 2.38 bits per heavy atom. The van der Waals surface area contributed by atoms with Gasteiger partial charge in [0.1, 0.15) is 23.3 Å². The molecule has 0 amide bonds. The Kier molecular flexibility index (Phi) is 10.1. The molecule has 0 saturated heterocycles. The van der Waals surface area contributed by atoms with Gasteiger partial charge >= 0.3 is 12.1 Å². The molecule has 0 spiro atoms. The van der Waals surface area contributed by atoms with E-state index in [0.29, 0.717) is 47.8 Å². The number of aryl methyl sites for hydroxylation is 1. The van der Waals surface area contributed by atoms with Gasteiger partial charge in [-0.15, -0.1) is 0 Å². The number of methoxy groups -OCH3 is 1. The Bertz CT molecular complexity index is 1270. The zero-order valence-electron chi connectivity index (χ0n) is 22.5. The van der Waals surface area contributed by atoms with Gasteiger partial charge in [-0.3, -0.25) is 9.59 Å². The quantitative estimate of drug-likeness (QED) is 0.169. The highest BCUT2D eigenvalue weighted by Gasteiger charge is 2.32. The molecule has 1 atom stereocenters. The molecule has 3 rings (SSSR count). The molecule has 0 radical (unpaired) electrons. The molecule has 10 heteroatoms. The van der Waals surface area contributed by atoms with Crippen molar-refractivity contribution in [2.24, 2.45) is 0 Å². The lowest BCUT2D eigenvalue weighted by Gasteiger charge is -2.21. The van der Waals surface area contributed by atoms with E-state index in [-0.39, 0.29) is 30.7 Å². The lowest BCUT2D eigenvalue weighted by molar-refractivity contribution is -0.143. The van der Waals surface area contributed by atoms with Crippen LogP contribution in [0.25, 0.3) is 5.69 Å². The number of halogens is 3. The molecule has 2 aromatic carbocycles. The Hall–Kier alpha value is -3.82. The van der Waals surface area contributed by atoms with Gasteiger partial charge in [0.15, 0.2) is 5.78 Å². The fraction of sp³-hybridized carbons (Fsp3) is 0.414. The highest BCUT2D eigenvalue weighted by Crippen LogP contribution is 2.36. The summed E-state index contributed by atoms with van der Waals surface area (Å²) in [5.74, 6) is 0.451. The van der Waals surface area contributed by atoms with Crippen molar-refractivity contribution < 1.29 is 37.0 Å². The molecular weight excluding hydrogens is 513 g/mol. The van der Waals surface area contributed by atoms with Crippen LogP contribution in [0.2, 0.25) is 0 Å². The topological polar surface area (TPSA) is 79.7 Å². The van der Waals surface area contributed by atoms with Crippen LogP contribution in [0.3, 0.4) is 0 Å². The Morgan fingerprint density at radius 2 is 1.79 bits per heavy atom. The standard InChI is InChI=1S/C29H33F3N2O5/c1-5-8-25(21-13-11-20(12-14-21)24(35)9-7-10-27(36)38-6-2)39-23-15-19(3)28(26(16-23)37-4)34-18-22(17-33-34)29(30,31)32/h11-18,25H,5-10H2,1-4H3. The van der Waals surface area contributed by atoms with E-state index in [1.807, 2.05) is 19.1 Å². The van der Waals surface area contributed by atoms with Crippen molar-refractivity contribution in [3.63, 3.8) is 0 Å². The van der Waals surface area contributed by atoms with Crippen LogP contribution in [0.5, 0.6) is 11.5 Å². The van der Waals surface area contributed by atoms with E-state index >= 15 is 0 Å². The Morgan fingerprint density at radius 1 is 1.08 bits per heavy atom. The largest absolute Gasteiger partial charge is 0.494 e. The third-order valence-electron chi connectivity index (χ3n) is 6.12. The zero-order chi connectivity index (χ0) is 28.6. The fourth-order valence-corrected chi connectivity index (χ4v) is 4.20. The van der Waals surface area contributed by atoms with E-state index in [0.717, 1.165) is 29.1 Å². The normalized spacial score (nSPS) is 12.2. The monoisotopic (exact) mass is 546 g/mol. The molecule has 1 aromatic heterocycles. The summed E-state index contributed by atoms with van der Waals surface area (Å²) in [7, 11) is 1.43. The predicted molar refractivity (Wildman–Crippen MR) is 139 cm³/mol. The van der Waals surface area contributed by atoms with Gasteiger partial charge in [-0.2, -0.15) is 18.3 Å². The molecule has 0 aliphatic rings. The van der Waals surface area contributed by atoms with Gasteiger partial charge in [-0.05, 0) is 43.9 Å². The number of Topliss-reactive ketones (excluding diaryl/α,β-unsaturated/α-hetero) is 1. The molecule has 0 aliphatic carbocycles. The van der Waals surface area contributed by atoms with E-state index in [4.69, 9.17) is 14.2 Å². The Balaban J connectivity index is 1.76. The molecule has 0 aliphatic heterocycles. The minimum Gasteiger partial charge on any atom is -0.494 e. The molecule has 3 aromatic rings. The number of benzene rings is 2. The molecule has 7 nitrogen and oxygen atoms in total. The van der Waals surface area contributed by atoms with Crippen LogP contribution in [-0.2, 0) is 15.7 Å². The van der Waals surface area contributed by atoms with Crippen molar-refractivity contribution in [3.05, 3.63) is 71.0 Å². The number of ketones is 1. The summed E-state index contributed by atoms with van der Waals surface area (Å²) < 4.78 is 57.1. The van der Waals surface area contributed by atoms with Gasteiger partial charge in [0.2, 0.25) is 0 Å². The lowest BCUT2D eigenvalue weighted by Crippen LogP contribution is -2.10. The van der Waals surface area contributed by atoms with Crippen molar-refractivity contribution in [2.75, 3.05) is 13.7 Å². The number of esters is 1. The van der Waals surface area contributed by atoms with Crippen molar-refractivity contribution in [2.45, 2.75) is 65.2 Å². The molecule has 210 valence electrons. The van der Waals surface area contributed by atoms with Crippen molar-refractivity contribution in [1.29, 1.82) is 0 Å². The summed E-state index contributed by atoms with van der Waals surface area (Å²) in [4.78, 5) is 24.0. The second-order valence-electron chi connectivity index (χ2n) is 9.06. The van der Waals surface area contributed by atoms with E-state index in [9.17, 15) is 22.8 Å². The number of hydrogen-bond donors (Lipinski definition) is 0. The number of carbonyl (C=O) groups is 2. The summed E-state index contributed by atoms with van der Waals surface area (Å²) in [6.07, 6.45) is -0.716. The summed E-state index contributed by atoms with van der Waals surface area (Å²) in [6, 6.07) is 10.6. The number of alkyl halides is 3. The van der Waals surface area contributed by atoms with Crippen molar-refractivity contribution >= 4 is 11.8 Å². The van der Waals surface area contributed by atoms with Crippen LogP contribution in [0.4, 0.5) is 13.2 Å². The van der Waals surface area contributed by atoms with E-state index < -0.39 is 11.7 Å². The summed E-state index contributed by atoms with van der Waals surface area (Å²) in [6.45, 7) is 5.84. The maximum Gasteiger partial charge on any atom is 0.419 e. The van der Waals surface area contributed by atoms with E-state index in [2.05, 4.69) is 5.10 Å². The molecule has 1 unspecified atom stereocenters. The SMILES string of the molecule is CCCC(Oc1cc(C)c(-n2cc(C(F)(F)F)cn2)c(OC)c1)c1ccc(C(=O)CCCC(=O)OCC)cc1. The number of aromatic nitrogens is 2. The van der Waals surface area contributed by atoms with E-state index in [1.54, 1.807) is 38.1 Å². The first-order valence-corrected chi connectivity index (χ1v) is 12.8. The highest BCUT2D eigenvalue weighted by atomic mass is 19.4. The van der Waals surface area contributed by atoms with Gasteiger partial charge in [0.05, 0.1) is 25.5 Å². The second-order valence-corrected chi connectivity index (χ2v) is 9.06. The molecule has 0 N–H and O–H groups in total. The van der Waals surface area contributed by atoms with Crippen LogP contribution in [0.15, 0.2) is 48.8 Å². The minimum absolute atomic E-state index is 0.0536. The van der Waals surface area contributed by atoms with Gasteiger partial charge in [0, 0.05) is 30.7 Å². The summed E-state index contributed by atoms with van der Waals surface area (Å²) >= 11 is 0. The minimum atomic E-state index is -4.50. The summed E-state index contributed by atoms with van der Waals surface area (Å²) in [5.41, 5.74) is 1.59. The van der Waals surface area contributed by atoms with Gasteiger partial charge in [-0.25, -0.2) is 4.68 Å². The van der Waals surface area contributed by atoms with Crippen molar-refractivity contribution in [1.82, 2.24) is 9.78 Å². The van der Waals surface area contributed by atoms with Gasteiger partial charge in [-0.1, -0.05) is 37.6 Å². The number of rotatable bonds is 13. The van der Waals surface area contributed by atoms with Gasteiger partial charge < -0.3 is 14.2 Å². The highest BCUT2D eigenvalue weighted by molar-refractivity contribution is 5.96. The molecule has 0 fully saturated rings. The number of ether oxygens (including phenoxy) is 3. The average Bonchev–Trinajstić information content (AvgIpc) is 3.39. The van der Waals surface area contributed by atoms with Crippen LogP contribution in [0, 0.1) is 6.92 Å². The predicted octanol–water partition coefficient (Wildman–Crippen LogP) is 7.04. The van der Waals surface area contributed by atoms with Crippen LogP contribution < -0.4 is 9.47 Å². The second kappa shape index (κ2) is 13.3. The fourth-order valence-electron chi connectivity index (χ4n) is 4.20. The van der Waals surface area contributed by atoms with Crippen LogP contribution in [-0.4, -0.2) is 35.2 Å². The lowest BCUT2D eigenvalue weighted by atomic mass is 10.00. The van der Waals surface area contributed by atoms with E-state index in [1.165, 1.54) is 7.11 Å². The molecule has 0 saturated carbocycles. The third-order valence-corrected chi connectivity index (χ3v) is 6.12. The zero-order valence-corrected chi connectivity index (χ0v) is 22.5. The first kappa shape index (κ1) is 29.7. The molecular formula is C29H33F3N2O5. The first-order valence-electron chi connectivity index (χ1n) is 12.8. The average molecular weight is 547 g/mol. The molecule has 39 heavy (non-hydrogen) atoms. The van der Waals surface area contributed by atoms with Crippen LogP contribution >= 0.6 is 0 Å². The van der Waals surface area contributed by atoms with Gasteiger partial charge in [0.25, 0.3) is 0 Å². The number of hydrogen-bond acceptors (Lipinski definition) is 6. The number of nitrogens with zero attached hydrogens (tertiary/aromatic N) is 2. The molecule has 1 heterocycles. The maximum atomic E-state index is 13.1. The third kappa shape index (κ3) is 7.84. The summed E-state index contributed by atoms with van der Waals surface area (Å²) in [5, 5.41) is 3.87. The first-order chi connectivity index (χ1) is 18.6. The number of carbonyl (C=O) groups excluding carboxylic acids is 2. The Labute approximate surface area is 225 Å². The maximum absolute atomic E-state index is 13.1. The van der Waals surface area contributed by atoms with Crippen LogP contribution in [0.1, 0.15) is 79.1 Å². The smallest absolute Gasteiger partial charge is 0.419 e. The van der Waals surface area contributed by atoms with Crippen molar-refractivity contribution in [3.8, 4) is 17.2 Å². The molecule has 0 bridgehead atoms.